The quantitative estimate of drug-likeness (QED) is 0.309. The Morgan fingerprint density at radius 2 is 2.00 bits per heavy atom. The van der Waals surface area contributed by atoms with Crippen molar-refractivity contribution in [3.63, 3.8) is 0 Å². The molecular formula is C17H19N5O4S. The van der Waals surface area contributed by atoms with E-state index in [9.17, 15) is 14.9 Å². The summed E-state index contributed by atoms with van der Waals surface area (Å²) in [4.78, 5) is 24.5. The highest BCUT2D eigenvalue weighted by molar-refractivity contribution is 7.99. The van der Waals surface area contributed by atoms with E-state index in [4.69, 9.17) is 4.74 Å². The molecule has 0 spiro atoms. The molecule has 0 bridgehead atoms. The zero-order chi connectivity index (χ0) is 19.2. The second-order valence-electron chi connectivity index (χ2n) is 5.79. The molecule has 1 saturated heterocycles. The van der Waals surface area contributed by atoms with Crippen LogP contribution in [0.3, 0.4) is 0 Å². The lowest BCUT2D eigenvalue weighted by atomic mass is 10.2. The molecule has 10 heteroatoms. The Kier molecular flexibility index (Phi) is 6.20. The fraction of sp³-hybridized carbons (Fsp3) is 0.353. The Labute approximate surface area is 160 Å². The van der Waals surface area contributed by atoms with Crippen LogP contribution in [0.15, 0.2) is 42.1 Å². The third kappa shape index (κ3) is 4.52. The highest BCUT2D eigenvalue weighted by Gasteiger charge is 2.20. The predicted octanol–water partition coefficient (Wildman–Crippen LogP) is 1.99. The minimum atomic E-state index is -0.448. The third-order valence-electron chi connectivity index (χ3n) is 4.05. The highest BCUT2D eigenvalue weighted by Crippen LogP contribution is 2.26. The number of aromatic nitrogens is 3. The van der Waals surface area contributed by atoms with Crippen LogP contribution < -0.4 is 0 Å². The summed E-state index contributed by atoms with van der Waals surface area (Å²) in [5.41, 5.74) is 0.723. The van der Waals surface area contributed by atoms with Crippen molar-refractivity contribution in [1.82, 2.24) is 19.7 Å². The Bertz CT molecular complexity index is 830. The van der Waals surface area contributed by atoms with E-state index in [2.05, 4.69) is 16.8 Å². The first-order chi connectivity index (χ1) is 13.1. The smallest absolute Gasteiger partial charge is 0.269 e. The van der Waals surface area contributed by atoms with Crippen molar-refractivity contribution in [2.75, 3.05) is 32.1 Å². The van der Waals surface area contributed by atoms with Crippen LogP contribution in [-0.2, 0) is 16.1 Å². The van der Waals surface area contributed by atoms with Gasteiger partial charge < -0.3 is 9.64 Å². The monoisotopic (exact) mass is 389 g/mol. The van der Waals surface area contributed by atoms with Gasteiger partial charge >= 0.3 is 0 Å². The zero-order valence-electron chi connectivity index (χ0n) is 14.6. The highest BCUT2D eigenvalue weighted by atomic mass is 32.2. The standard InChI is InChI=1S/C17H19N5O4S/c1-2-7-21-16(13-3-5-14(6-4-13)22(24)25)18-19-17(21)27-12-15(23)20-8-10-26-11-9-20/h2-6H,1,7-12H2. The Morgan fingerprint density at radius 3 is 2.63 bits per heavy atom. The van der Waals surface area contributed by atoms with Crippen LogP contribution in [0, 0.1) is 10.1 Å². The predicted molar refractivity (Wildman–Crippen MR) is 100 cm³/mol. The zero-order valence-corrected chi connectivity index (χ0v) is 15.4. The number of nitrogens with zero attached hydrogens (tertiary/aromatic N) is 5. The molecule has 1 fully saturated rings. The molecule has 0 N–H and O–H groups in total. The number of allylic oxidation sites excluding steroid dienone is 1. The lowest BCUT2D eigenvalue weighted by Crippen LogP contribution is -2.41. The molecule has 0 atom stereocenters. The van der Waals surface area contributed by atoms with Gasteiger partial charge in [0, 0.05) is 37.3 Å². The van der Waals surface area contributed by atoms with E-state index in [1.165, 1.54) is 23.9 Å². The fourth-order valence-corrected chi connectivity index (χ4v) is 3.52. The van der Waals surface area contributed by atoms with Crippen molar-refractivity contribution in [2.45, 2.75) is 11.7 Å². The van der Waals surface area contributed by atoms with Gasteiger partial charge in [0.15, 0.2) is 11.0 Å². The van der Waals surface area contributed by atoms with E-state index in [0.29, 0.717) is 49.4 Å². The minimum Gasteiger partial charge on any atom is -0.378 e. The molecule has 1 aromatic carbocycles. The van der Waals surface area contributed by atoms with Crippen LogP contribution in [-0.4, -0.2) is 62.6 Å². The minimum absolute atomic E-state index is 0.0132. The maximum atomic E-state index is 12.3. The van der Waals surface area contributed by atoms with Gasteiger partial charge in [-0.25, -0.2) is 0 Å². The van der Waals surface area contributed by atoms with Crippen LogP contribution in [0.4, 0.5) is 5.69 Å². The van der Waals surface area contributed by atoms with Gasteiger partial charge in [-0.15, -0.1) is 16.8 Å². The molecule has 0 saturated carbocycles. The Morgan fingerprint density at radius 1 is 1.30 bits per heavy atom. The summed E-state index contributed by atoms with van der Waals surface area (Å²) in [5, 5.41) is 19.8. The number of thioether (sulfide) groups is 1. The van der Waals surface area contributed by atoms with E-state index in [1.54, 1.807) is 23.1 Å². The number of carbonyl (C=O) groups excluding carboxylic acids is 1. The van der Waals surface area contributed by atoms with Gasteiger partial charge in [-0.05, 0) is 12.1 Å². The van der Waals surface area contributed by atoms with Crippen molar-refractivity contribution in [3.8, 4) is 11.4 Å². The number of rotatable bonds is 7. The molecule has 0 aliphatic carbocycles. The third-order valence-corrected chi connectivity index (χ3v) is 5.00. The molecule has 0 radical (unpaired) electrons. The van der Waals surface area contributed by atoms with Gasteiger partial charge in [0.1, 0.15) is 0 Å². The molecular weight excluding hydrogens is 370 g/mol. The van der Waals surface area contributed by atoms with Gasteiger partial charge in [-0.1, -0.05) is 17.8 Å². The SMILES string of the molecule is C=CCn1c(SCC(=O)N2CCOCC2)nnc1-c1ccc([N+](=O)[O-])cc1. The first kappa shape index (κ1) is 19.1. The average molecular weight is 389 g/mol. The van der Waals surface area contributed by atoms with Crippen molar-refractivity contribution in [2.24, 2.45) is 0 Å². The lowest BCUT2D eigenvalue weighted by molar-refractivity contribution is -0.384. The van der Waals surface area contributed by atoms with E-state index in [0.717, 1.165) is 0 Å². The van der Waals surface area contributed by atoms with Crippen LogP contribution in [0.25, 0.3) is 11.4 Å². The van der Waals surface area contributed by atoms with Crippen molar-refractivity contribution >= 4 is 23.4 Å². The summed E-state index contributed by atoms with van der Waals surface area (Å²) < 4.78 is 7.10. The number of ether oxygens (including phenoxy) is 1. The van der Waals surface area contributed by atoms with E-state index in [1.807, 2.05) is 4.57 Å². The summed E-state index contributed by atoms with van der Waals surface area (Å²) in [6.45, 7) is 6.55. The van der Waals surface area contributed by atoms with E-state index in [-0.39, 0.29) is 17.3 Å². The number of hydrogen-bond donors (Lipinski definition) is 0. The molecule has 2 aromatic rings. The fourth-order valence-electron chi connectivity index (χ4n) is 2.67. The number of nitro groups is 1. The van der Waals surface area contributed by atoms with Gasteiger partial charge in [0.2, 0.25) is 5.91 Å². The molecule has 1 aliphatic rings. The first-order valence-corrected chi connectivity index (χ1v) is 9.36. The average Bonchev–Trinajstić information content (AvgIpc) is 3.10. The van der Waals surface area contributed by atoms with Crippen molar-refractivity contribution < 1.29 is 14.5 Å². The molecule has 142 valence electrons. The number of morpholine rings is 1. The summed E-state index contributed by atoms with van der Waals surface area (Å²) in [7, 11) is 0. The summed E-state index contributed by atoms with van der Waals surface area (Å²) in [5.74, 6) is 0.870. The molecule has 0 unspecified atom stereocenters. The summed E-state index contributed by atoms with van der Waals surface area (Å²) >= 11 is 1.31. The lowest BCUT2D eigenvalue weighted by Gasteiger charge is -2.26. The van der Waals surface area contributed by atoms with Crippen molar-refractivity contribution in [3.05, 3.63) is 47.0 Å². The number of amides is 1. The van der Waals surface area contributed by atoms with Crippen LogP contribution in [0.5, 0.6) is 0 Å². The van der Waals surface area contributed by atoms with Crippen LogP contribution in [0.1, 0.15) is 0 Å². The van der Waals surface area contributed by atoms with E-state index >= 15 is 0 Å². The van der Waals surface area contributed by atoms with Gasteiger partial charge in [0.05, 0.1) is 23.9 Å². The van der Waals surface area contributed by atoms with Crippen LogP contribution in [0.2, 0.25) is 0 Å². The maximum Gasteiger partial charge on any atom is 0.269 e. The first-order valence-electron chi connectivity index (χ1n) is 8.37. The number of carbonyl (C=O) groups is 1. The largest absolute Gasteiger partial charge is 0.378 e. The molecule has 2 heterocycles. The second kappa shape index (κ2) is 8.78. The number of hydrogen-bond acceptors (Lipinski definition) is 7. The van der Waals surface area contributed by atoms with Crippen molar-refractivity contribution in [1.29, 1.82) is 0 Å². The molecule has 1 amide bonds. The van der Waals surface area contributed by atoms with Gasteiger partial charge in [-0.3, -0.25) is 19.5 Å². The molecule has 3 rings (SSSR count). The van der Waals surface area contributed by atoms with Gasteiger partial charge in [-0.2, -0.15) is 0 Å². The normalized spacial score (nSPS) is 14.1. The van der Waals surface area contributed by atoms with E-state index < -0.39 is 4.92 Å². The molecule has 9 nitrogen and oxygen atoms in total. The molecule has 1 aliphatic heterocycles. The summed E-state index contributed by atoms with van der Waals surface area (Å²) in [6, 6.07) is 6.12. The molecule has 1 aromatic heterocycles. The number of nitro benzene ring substituents is 1. The second-order valence-corrected chi connectivity index (χ2v) is 6.73. The Balaban J connectivity index is 1.75. The van der Waals surface area contributed by atoms with Crippen LogP contribution >= 0.6 is 11.8 Å². The molecule has 27 heavy (non-hydrogen) atoms. The maximum absolute atomic E-state index is 12.3. The summed E-state index contributed by atoms with van der Waals surface area (Å²) in [6.07, 6.45) is 1.71. The number of benzene rings is 1. The van der Waals surface area contributed by atoms with Gasteiger partial charge in [0.25, 0.3) is 5.69 Å². The Hall–Kier alpha value is -2.72. The topological polar surface area (TPSA) is 103 Å². The number of non-ortho nitro benzene ring substituents is 1.